The Balaban J connectivity index is 1.72. The Morgan fingerprint density at radius 2 is 1.62 bits per heavy atom. The molecule has 1 aromatic heterocycles. The molecular weight excluding hydrogens is 366 g/mol. The van der Waals surface area contributed by atoms with Crippen LogP contribution in [0.3, 0.4) is 0 Å². The van der Waals surface area contributed by atoms with E-state index in [9.17, 15) is 9.59 Å². The average molecular weight is 389 g/mol. The molecule has 0 aliphatic rings. The largest absolute Gasteiger partial charge is 0.465 e. The first-order chi connectivity index (χ1) is 14.0. The van der Waals surface area contributed by atoms with Crippen molar-refractivity contribution >= 4 is 28.9 Å². The number of carbonyl (C=O) groups excluding carboxylic acids is 2. The summed E-state index contributed by atoms with van der Waals surface area (Å²) in [6.07, 6.45) is 3.12. The Bertz CT molecular complexity index is 1010. The number of esters is 1. The second kappa shape index (κ2) is 9.01. The van der Waals surface area contributed by atoms with E-state index in [2.05, 4.69) is 29.5 Å². The van der Waals surface area contributed by atoms with E-state index in [0.717, 1.165) is 5.69 Å². The molecule has 3 aromatic rings. The van der Waals surface area contributed by atoms with Crippen LogP contribution in [-0.2, 0) is 4.74 Å². The molecule has 0 atom stereocenters. The molecule has 3 rings (SSSR count). The lowest BCUT2D eigenvalue weighted by atomic mass is 10.0. The lowest BCUT2D eigenvalue weighted by Crippen LogP contribution is -2.12. The topological polar surface area (TPSA) is 80.3 Å². The number of rotatable bonds is 6. The summed E-state index contributed by atoms with van der Waals surface area (Å²) in [4.78, 5) is 28.4. The van der Waals surface area contributed by atoms with Gasteiger partial charge in [-0.15, -0.1) is 0 Å². The number of nitrogens with zero attached hydrogens (tertiary/aromatic N) is 1. The van der Waals surface area contributed by atoms with E-state index < -0.39 is 5.97 Å². The zero-order chi connectivity index (χ0) is 20.8. The van der Waals surface area contributed by atoms with Crippen molar-refractivity contribution in [3.8, 4) is 0 Å². The Morgan fingerprint density at radius 1 is 0.897 bits per heavy atom. The van der Waals surface area contributed by atoms with Crippen LogP contribution < -0.4 is 10.6 Å². The highest BCUT2D eigenvalue weighted by Crippen LogP contribution is 2.20. The van der Waals surface area contributed by atoms with Crippen molar-refractivity contribution in [1.82, 2.24) is 4.98 Å². The maximum Gasteiger partial charge on any atom is 0.337 e. The van der Waals surface area contributed by atoms with Crippen molar-refractivity contribution < 1.29 is 14.3 Å². The maximum atomic E-state index is 12.6. The second-order valence-corrected chi connectivity index (χ2v) is 6.89. The third-order valence-electron chi connectivity index (χ3n) is 4.41. The Morgan fingerprint density at radius 3 is 2.31 bits per heavy atom. The minimum absolute atomic E-state index is 0.248. The molecule has 148 valence electrons. The first kappa shape index (κ1) is 20.1. The number of nitrogens with one attached hydrogen (secondary N) is 2. The molecule has 0 radical (unpaired) electrons. The number of amides is 1. The first-order valence-electron chi connectivity index (χ1n) is 9.28. The van der Waals surface area contributed by atoms with Gasteiger partial charge in [-0.3, -0.25) is 9.78 Å². The molecule has 0 bridgehead atoms. The summed E-state index contributed by atoms with van der Waals surface area (Å²) >= 11 is 0. The Hall–Kier alpha value is -3.67. The molecule has 0 aliphatic heterocycles. The van der Waals surface area contributed by atoms with E-state index in [1.165, 1.54) is 18.9 Å². The lowest BCUT2D eigenvalue weighted by Gasteiger charge is -2.10. The quantitative estimate of drug-likeness (QED) is 0.581. The van der Waals surface area contributed by atoms with E-state index in [0.29, 0.717) is 28.4 Å². The van der Waals surface area contributed by atoms with E-state index >= 15 is 0 Å². The van der Waals surface area contributed by atoms with E-state index in [1.54, 1.807) is 30.5 Å². The third kappa shape index (κ3) is 5.19. The fourth-order valence-electron chi connectivity index (χ4n) is 2.80. The van der Waals surface area contributed by atoms with Gasteiger partial charge in [-0.05, 0) is 47.9 Å². The number of pyridine rings is 1. The average Bonchev–Trinajstić information content (AvgIpc) is 2.74. The predicted molar refractivity (Wildman–Crippen MR) is 114 cm³/mol. The summed E-state index contributed by atoms with van der Waals surface area (Å²) < 4.78 is 4.74. The summed E-state index contributed by atoms with van der Waals surface area (Å²) in [7, 11) is 1.34. The number of methoxy groups -OCH3 is 1. The van der Waals surface area contributed by atoms with Crippen molar-refractivity contribution in [2.24, 2.45) is 0 Å². The van der Waals surface area contributed by atoms with Gasteiger partial charge in [0.2, 0.25) is 0 Å². The lowest BCUT2D eigenvalue weighted by molar-refractivity contribution is 0.0600. The van der Waals surface area contributed by atoms with Crippen molar-refractivity contribution in [3.63, 3.8) is 0 Å². The van der Waals surface area contributed by atoms with Gasteiger partial charge in [0.1, 0.15) is 0 Å². The minimum atomic E-state index is -0.414. The normalized spacial score (nSPS) is 10.5. The second-order valence-electron chi connectivity index (χ2n) is 6.89. The highest BCUT2D eigenvalue weighted by atomic mass is 16.5. The van der Waals surface area contributed by atoms with Gasteiger partial charge in [0, 0.05) is 17.6 Å². The third-order valence-corrected chi connectivity index (χ3v) is 4.41. The molecule has 0 fully saturated rings. The maximum absolute atomic E-state index is 12.6. The van der Waals surface area contributed by atoms with Crippen molar-refractivity contribution in [2.75, 3.05) is 17.7 Å². The molecule has 0 saturated heterocycles. The van der Waals surface area contributed by atoms with Crippen LogP contribution in [0.25, 0.3) is 0 Å². The summed E-state index contributed by atoms with van der Waals surface area (Å²) in [5.41, 5.74) is 4.12. The van der Waals surface area contributed by atoms with Gasteiger partial charge < -0.3 is 15.4 Å². The van der Waals surface area contributed by atoms with E-state index in [1.807, 2.05) is 30.3 Å². The van der Waals surface area contributed by atoms with Crippen LogP contribution >= 0.6 is 0 Å². The number of carbonyl (C=O) groups is 2. The Kier molecular flexibility index (Phi) is 6.24. The fourth-order valence-corrected chi connectivity index (χ4v) is 2.80. The molecule has 1 amide bonds. The molecule has 0 aliphatic carbocycles. The van der Waals surface area contributed by atoms with Gasteiger partial charge in [0.05, 0.1) is 30.1 Å². The number of benzene rings is 2. The van der Waals surface area contributed by atoms with Crippen LogP contribution in [0.4, 0.5) is 17.1 Å². The highest BCUT2D eigenvalue weighted by molar-refractivity contribution is 6.04. The van der Waals surface area contributed by atoms with Gasteiger partial charge in [0.15, 0.2) is 0 Å². The molecule has 0 spiro atoms. The van der Waals surface area contributed by atoms with Gasteiger partial charge in [0.25, 0.3) is 5.91 Å². The van der Waals surface area contributed by atoms with E-state index in [-0.39, 0.29) is 5.91 Å². The van der Waals surface area contributed by atoms with Crippen LogP contribution in [0, 0.1) is 0 Å². The SMILES string of the molecule is COC(=O)c1cccc(Nc2cncc(C(=O)Nc3ccc(C(C)C)cc3)c2)c1. The zero-order valence-corrected chi connectivity index (χ0v) is 16.6. The molecule has 1 heterocycles. The number of aromatic nitrogens is 1. The summed E-state index contributed by atoms with van der Waals surface area (Å²) in [6.45, 7) is 4.25. The molecule has 6 nitrogen and oxygen atoms in total. The molecule has 0 saturated carbocycles. The standard InChI is InChI=1S/C23H23N3O3/c1-15(2)16-7-9-19(10-8-16)26-22(27)18-12-21(14-24-13-18)25-20-6-4-5-17(11-20)23(28)29-3/h4-15,25H,1-3H3,(H,26,27). The number of ether oxygens (including phenoxy) is 1. The molecular formula is C23H23N3O3. The summed E-state index contributed by atoms with van der Waals surface area (Å²) in [5, 5.41) is 6.03. The number of hydrogen-bond acceptors (Lipinski definition) is 5. The van der Waals surface area contributed by atoms with Gasteiger partial charge in [-0.2, -0.15) is 0 Å². The van der Waals surface area contributed by atoms with Crippen molar-refractivity contribution in [1.29, 1.82) is 0 Å². The fraction of sp³-hybridized carbons (Fsp3) is 0.174. The number of hydrogen-bond donors (Lipinski definition) is 2. The molecule has 2 N–H and O–H groups in total. The first-order valence-corrected chi connectivity index (χ1v) is 9.28. The van der Waals surface area contributed by atoms with Gasteiger partial charge >= 0.3 is 5.97 Å². The number of anilines is 3. The molecule has 0 unspecified atom stereocenters. The van der Waals surface area contributed by atoms with Crippen LogP contribution in [0.15, 0.2) is 67.0 Å². The smallest absolute Gasteiger partial charge is 0.337 e. The minimum Gasteiger partial charge on any atom is -0.465 e. The van der Waals surface area contributed by atoms with Crippen molar-refractivity contribution in [3.05, 3.63) is 83.7 Å². The highest BCUT2D eigenvalue weighted by Gasteiger charge is 2.10. The Labute approximate surface area is 169 Å². The molecule has 29 heavy (non-hydrogen) atoms. The molecule has 2 aromatic carbocycles. The van der Waals surface area contributed by atoms with Crippen LogP contribution in [0.5, 0.6) is 0 Å². The van der Waals surface area contributed by atoms with Crippen molar-refractivity contribution in [2.45, 2.75) is 19.8 Å². The van der Waals surface area contributed by atoms with E-state index in [4.69, 9.17) is 4.74 Å². The van der Waals surface area contributed by atoms with Crippen LogP contribution in [0.1, 0.15) is 46.0 Å². The monoisotopic (exact) mass is 389 g/mol. The summed E-state index contributed by atoms with van der Waals surface area (Å²) in [5.74, 6) is -0.227. The van der Waals surface area contributed by atoms with Gasteiger partial charge in [-0.1, -0.05) is 32.0 Å². The summed E-state index contributed by atoms with van der Waals surface area (Å²) in [6, 6.07) is 16.4. The van der Waals surface area contributed by atoms with Crippen LogP contribution in [-0.4, -0.2) is 24.0 Å². The van der Waals surface area contributed by atoms with Crippen LogP contribution in [0.2, 0.25) is 0 Å². The van der Waals surface area contributed by atoms with Gasteiger partial charge in [-0.25, -0.2) is 4.79 Å². The zero-order valence-electron chi connectivity index (χ0n) is 16.6. The molecule has 6 heteroatoms. The predicted octanol–water partition coefficient (Wildman–Crippen LogP) is 4.99.